The van der Waals surface area contributed by atoms with Crippen LogP contribution in [0, 0.1) is 13.8 Å². The van der Waals surface area contributed by atoms with E-state index in [1.165, 1.54) is 11.1 Å². The first-order chi connectivity index (χ1) is 8.55. The van der Waals surface area contributed by atoms with E-state index in [0.717, 1.165) is 25.3 Å². The first-order valence-corrected chi connectivity index (χ1v) is 6.65. The Morgan fingerprint density at radius 2 is 1.63 bits per heavy atom. The molecule has 3 nitrogen and oxygen atoms in total. The average molecular weight is 285 g/mol. The maximum absolute atomic E-state index is 11.8. The van der Waals surface area contributed by atoms with Gasteiger partial charge in [-0.3, -0.25) is 4.79 Å². The molecule has 19 heavy (non-hydrogen) atoms. The molecule has 1 aromatic rings. The van der Waals surface area contributed by atoms with Gasteiger partial charge >= 0.3 is 0 Å². The molecular weight excluding hydrogens is 260 g/mol. The Kier molecular flexibility index (Phi) is 8.44. The van der Waals surface area contributed by atoms with Gasteiger partial charge in [0, 0.05) is 18.7 Å². The minimum absolute atomic E-state index is 0. The summed E-state index contributed by atoms with van der Waals surface area (Å²) in [6.07, 6.45) is 0.550. The molecule has 0 aliphatic heterocycles. The zero-order valence-corrected chi connectivity index (χ0v) is 13.1. The SMILES string of the molecule is CCN(CC)CCC(=O)Nc1cc(C)cc(C)c1.Cl. The predicted molar refractivity (Wildman–Crippen MR) is 84.2 cm³/mol. The van der Waals surface area contributed by atoms with Crippen molar-refractivity contribution in [2.45, 2.75) is 34.1 Å². The number of carbonyl (C=O) groups is 1. The number of hydrogen-bond acceptors (Lipinski definition) is 2. The van der Waals surface area contributed by atoms with Crippen LogP contribution in [0.15, 0.2) is 18.2 Å². The zero-order chi connectivity index (χ0) is 13.5. The van der Waals surface area contributed by atoms with Crippen molar-refractivity contribution in [1.29, 1.82) is 0 Å². The summed E-state index contributed by atoms with van der Waals surface area (Å²) in [6.45, 7) is 11.1. The highest BCUT2D eigenvalue weighted by molar-refractivity contribution is 5.91. The van der Waals surface area contributed by atoms with Crippen LogP contribution < -0.4 is 5.32 Å². The van der Waals surface area contributed by atoms with Gasteiger partial charge in [-0.1, -0.05) is 19.9 Å². The van der Waals surface area contributed by atoms with Crippen LogP contribution in [0.1, 0.15) is 31.4 Å². The fourth-order valence-corrected chi connectivity index (χ4v) is 2.07. The minimum Gasteiger partial charge on any atom is -0.326 e. The molecule has 0 spiro atoms. The van der Waals surface area contributed by atoms with Crippen molar-refractivity contribution in [3.05, 3.63) is 29.3 Å². The summed E-state index contributed by atoms with van der Waals surface area (Å²) in [5.74, 6) is 0.0897. The van der Waals surface area contributed by atoms with Gasteiger partial charge in [-0.2, -0.15) is 0 Å². The quantitative estimate of drug-likeness (QED) is 0.868. The Hall–Kier alpha value is -1.06. The summed E-state index contributed by atoms with van der Waals surface area (Å²) in [4.78, 5) is 14.1. The zero-order valence-electron chi connectivity index (χ0n) is 12.3. The lowest BCUT2D eigenvalue weighted by Crippen LogP contribution is -2.27. The summed E-state index contributed by atoms with van der Waals surface area (Å²) in [5, 5.41) is 2.96. The van der Waals surface area contributed by atoms with Crippen molar-refractivity contribution < 1.29 is 4.79 Å². The van der Waals surface area contributed by atoms with Crippen LogP contribution in [-0.2, 0) is 4.79 Å². The molecule has 1 amide bonds. The minimum atomic E-state index is 0. The Balaban J connectivity index is 0.00000324. The topological polar surface area (TPSA) is 32.3 Å². The van der Waals surface area contributed by atoms with Crippen molar-refractivity contribution in [1.82, 2.24) is 4.90 Å². The molecule has 4 heteroatoms. The van der Waals surface area contributed by atoms with E-state index in [1.54, 1.807) is 0 Å². The van der Waals surface area contributed by atoms with E-state index in [1.807, 2.05) is 26.0 Å². The van der Waals surface area contributed by atoms with Gasteiger partial charge in [-0.25, -0.2) is 0 Å². The first kappa shape index (κ1) is 17.9. The molecule has 0 radical (unpaired) electrons. The number of nitrogens with one attached hydrogen (secondary N) is 1. The monoisotopic (exact) mass is 284 g/mol. The number of amides is 1. The number of rotatable bonds is 6. The molecule has 0 fully saturated rings. The van der Waals surface area contributed by atoms with Gasteiger partial charge in [0.15, 0.2) is 0 Å². The Morgan fingerprint density at radius 3 is 2.11 bits per heavy atom. The van der Waals surface area contributed by atoms with Crippen LogP contribution in [0.5, 0.6) is 0 Å². The van der Waals surface area contributed by atoms with Crippen molar-refractivity contribution in [3.8, 4) is 0 Å². The summed E-state index contributed by atoms with van der Waals surface area (Å²) < 4.78 is 0. The molecule has 0 atom stereocenters. The average Bonchev–Trinajstić information content (AvgIpc) is 2.28. The summed E-state index contributed by atoms with van der Waals surface area (Å²) in [7, 11) is 0. The van der Waals surface area contributed by atoms with Crippen LogP contribution in [-0.4, -0.2) is 30.4 Å². The van der Waals surface area contributed by atoms with E-state index in [-0.39, 0.29) is 18.3 Å². The molecule has 0 bridgehead atoms. The van der Waals surface area contributed by atoms with Crippen molar-refractivity contribution >= 4 is 24.0 Å². The van der Waals surface area contributed by atoms with Gasteiger partial charge in [-0.15, -0.1) is 12.4 Å². The number of aryl methyl sites for hydroxylation is 2. The molecule has 0 aliphatic carbocycles. The molecule has 1 aromatic carbocycles. The number of hydrogen-bond donors (Lipinski definition) is 1. The number of nitrogens with zero attached hydrogens (tertiary/aromatic N) is 1. The molecule has 0 aromatic heterocycles. The van der Waals surface area contributed by atoms with Crippen LogP contribution in [0.3, 0.4) is 0 Å². The maximum atomic E-state index is 11.8. The number of carbonyl (C=O) groups excluding carboxylic acids is 1. The lowest BCUT2D eigenvalue weighted by molar-refractivity contribution is -0.116. The first-order valence-electron chi connectivity index (χ1n) is 6.65. The second-order valence-electron chi connectivity index (χ2n) is 4.70. The third-order valence-corrected chi connectivity index (χ3v) is 3.05. The maximum Gasteiger partial charge on any atom is 0.225 e. The van der Waals surface area contributed by atoms with Gasteiger partial charge in [0.2, 0.25) is 5.91 Å². The second-order valence-corrected chi connectivity index (χ2v) is 4.70. The number of benzene rings is 1. The normalized spacial score (nSPS) is 10.2. The van der Waals surface area contributed by atoms with Crippen molar-refractivity contribution in [2.75, 3.05) is 25.0 Å². The molecule has 0 unspecified atom stereocenters. The molecule has 0 aliphatic rings. The second kappa shape index (κ2) is 8.94. The lowest BCUT2D eigenvalue weighted by atomic mass is 10.1. The summed E-state index contributed by atoms with van der Waals surface area (Å²) in [5.41, 5.74) is 3.25. The van der Waals surface area contributed by atoms with E-state index in [4.69, 9.17) is 0 Å². The highest BCUT2D eigenvalue weighted by Gasteiger charge is 2.06. The summed E-state index contributed by atoms with van der Waals surface area (Å²) in [6, 6.07) is 6.11. The third-order valence-electron chi connectivity index (χ3n) is 3.05. The molecule has 0 saturated heterocycles. The molecule has 1 rings (SSSR count). The Bertz CT molecular complexity index is 383. The molecule has 0 saturated carbocycles. The Morgan fingerprint density at radius 1 is 1.11 bits per heavy atom. The number of anilines is 1. The molecule has 0 heterocycles. The molecule has 108 valence electrons. The van der Waals surface area contributed by atoms with Gasteiger partial charge in [-0.05, 0) is 50.2 Å². The van der Waals surface area contributed by atoms with Gasteiger partial charge in [0.25, 0.3) is 0 Å². The predicted octanol–water partition coefficient (Wildman–Crippen LogP) is 3.40. The highest BCUT2D eigenvalue weighted by Crippen LogP contribution is 2.13. The van der Waals surface area contributed by atoms with Crippen LogP contribution in [0.25, 0.3) is 0 Å². The van der Waals surface area contributed by atoms with Crippen LogP contribution >= 0.6 is 12.4 Å². The largest absolute Gasteiger partial charge is 0.326 e. The van der Waals surface area contributed by atoms with E-state index >= 15 is 0 Å². The van der Waals surface area contributed by atoms with E-state index < -0.39 is 0 Å². The smallest absolute Gasteiger partial charge is 0.225 e. The van der Waals surface area contributed by atoms with Crippen molar-refractivity contribution in [3.63, 3.8) is 0 Å². The van der Waals surface area contributed by atoms with Gasteiger partial charge < -0.3 is 10.2 Å². The van der Waals surface area contributed by atoms with Crippen LogP contribution in [0.4, 0.5) is 5.69 Å². The van der Waals surface area contributed by atoms with E-state index in [9.17, 15) is 4.79 Å². The third kappa shape index (κ3) is 6.60. The number of halogens is 1. The molecular formula is C15H25ClN2O. The highest BCUT2D eigenvalue weighted by atomic mass is 35.5. The summed E-state index contributed by atoms with van der Waals surface area (Å²) >= 11 is 0. The standard InChI is InChI=1S/C15H24N2O.ClH/c1-5-17(6-2)8-7-15(18)16-14-10-12(3)9-13(4)11-14;/h9-11H,5-8H2,1-4H3,(H,16,18);1H. The molecule has 1 N–H and O–H groups in total. The lowest BCUT2D eigenvalue weighted by Gasteiger charge is -2.17. The fourth-order valence-electron chi connectivity index (χ4n) is 2.07. The van der Waals surface area contributed by atoms with Crippen LogP contribution in [0.2, 0.25) is 0 Å². The van der Waals surface area contributed by atoms with Crippen molar-refractivity contribution in [2.24, 2.45) is 0 Å². The fraction of sp³-hybridized carbons (Fsp3) is 0.533. The van der Waals surface area contributed by atoms with E-state index in [2.05, 4.69) is 30.1 Å². The Labute approximate surface area is 122 Å². The van der Waals surface area contributed by atoms with Gasteiger partial charge in [0.1, 0.15) is 0 Å². The van der Waals surface area contributed by atoms with Gasteiger partial charge in [0.05, 0.1) is 0 Å². The van der Waals surface area contributed by atoms with E-state index in [0.29, 0.717) is 6.42 Å².